The maximum atomic E-state index is 5.50. The van der Waals surface area contributed by atoms with Crippen molar-refractivity contribution in [3.63, 3.8) is 0 Å². The average molecular weight is 191 g/mol. The molecule has 0 aliphatic rings. The molecule has 2 aromatic rings. The highest BCUT2D eigenvalue weighted by molar-refractivity contribution is 5.56. The van der Waals surface area contributed by atoms with Crippen molar-refractivity contribution in [1.29, 1.82) is 0 Å². The Balaban J connectivity index is 2.36. The molecule has 74 valence electrons. The van der Waals surface area contributed by atoms with Gasteiger partial charge >= 0.3 is 0 Å². The van der Waals surface area contributed by atoms with Gasteiger partial charge in [0.25, 0.3) is 0 Å². The monoisotopic (exact) mass is 191 g/mol. The molecule has 2 aromatic heterocycles. The Hall–Kier alpha value is -1.55. The van der Waals surface area contributed by atoms with Crippen LogP contribution in [0.2, 0.25) is 0 Å². The molecule has 0 saturated carbocycles. The second kappa shape index (κ2) is 3.67. The van der Waals surface area contributed by atoms with Gasteiger partial charge in [-0.1, -0.05) is 0 Å². The van der Waals surface area contributed by atoms with Gasteiger partial charge in [-0.05, 0) is 32.0 Å². The third-order valence-corrected chi connectivity index (χ3v) is 2.12. The molecule has 0 aliphatic carbocycles. The second-order valence-corrected chi connectivity index (χ2v) is 3.22. The lowest BCUT2D eigenvalue weighted by atomic mass is 10.1. The first-order valence-corrected chi connectivity index (χ1v) is 4.60. The highest BCUT2D eigenvalue weighted by atomic mass is 16.3. The van der Waals surface area contributed by atoms with Crippen molar-refractivity contribution in [3.05, 3.63) is 29.7 Å². The number of hydrogen-bond acceptors (Lipinski definition) is 3. The Morgan fingerprint density at radius 2 is 2.36 bits per heavy atom. The van der Waals surface area contributed by atoms with Gasteiger partial charge in [0.15, 0.2) is 5.76 Å². The van der Waals surface area contributed by atoms with Crippen molar-refractivity contribution in [2.24, 2.45) is 5.73 Å². The third-order valence-electron chi connectivity index (χ3n) is 2.12. The predicted molar refractivity (Wildman–Crippen MR) is 53.8 cm³/mol. The number of H-pyrrole nitrogens is 1. The fourth-order valence-electron chi connectivity index (χ4n) is 1.44. The predicted octanol–water partition coefficient (Wildman–Crippen LogP) is 1.48. The molecule has 0 fully saturated rings. The number of hydrogen-bond donors (Lipinski definition) is 2. The van der Waals surface area contributed by atoms with E-state index in [2.05, 4.69) is 10.2 Å². The first-order chi connectivity index (χ1) is 6.81. The molecular weight excluding hydrogens is 178 g/mol. The smallest absolute Gasteiger partial charge is 0.152 e. The van der Waals surface area contributed by atoms with Crippen molar-refractivity contribution in [2.45, 2.75) is 13.3 Å². The molecule has 0 radical (unpaired) electrons. The van der Waals surface area contributed by atoms with E-state index in [9.17, 15) is 0 Å². The fourth-order valence-corrected chi connectivity index (χ4v) is 1.44. The molecule has 0 bridgehead atoms. The first kappa shape index (κ1) is 9.02. The van der Waals surface area contributed by atoms with Crippen LogP contribution in [0.25, 0.3) is 11.5 Å². The Bertz CT molecular complexity index is 416. The summed E-state index contributed by atoms with van der Waals surface area (Å²) in [7, 11) is 0. The molecule has 0 atom stereocenters. The number of nitrogens with one attached hydrogen (secondary N) is 1. The molecule has 2 rings (SSSR count). The van der Waals surface area contributed by atoms with Crippen molar-refractivity contribution < 1.29 is 4.42 Å². The van der Waals surface area contributed by atoms with E-state index in [1.807, 2.05) is 19.1 Å². The average Bonchev–Trinajstić information content (AvgIpc) is 2.74. The van der Waals surface area contributed by atoms with E-state index in [0.717, 1.165) is 29.2 Å². The number of aryl methyl sites for hydroxylation is 1. The van der Waals surface area contributed by atoms with Gasteiger partial charge in [-0.15, -0.1) is 0 Å². The second-order valence-electron chi connectivity index (χ2n) is 3.22. The van der Waals surface area contributed by atoms with Crippen LogP contribution < -0.4 is 5.73 Å². The number of rotatable bonds is 3. The Labute approximate surface area is 82.1 Å². The molecule has 0 unspecified atom stereocenters. The van der Waals surface area contributed by atoms with Crippen LogP contribution in [-0.2, 0) is 6.42 Å². The van der Waals surface area contributed by atoms with E-state index in [1.165, 1.54) is 0 Å². The third kappa shape index (κ3) is 1.56. The van der Waals surface area contributed by atoms with Crippen LogP contribution in [0.1, 0.15) is 11.3 Å². The van der Waals surface area contributed by atoms with Gasteiger partial charge in [0.05, 0.1) is 6.20 Å². The normalized spacial score (nSPS) is 10.7. The van der Waals surface area contributed by atoms with Gasteiger partial charge in [-0.3, -0.25) is 5.10 Å². The lowest BCUT2D eigenvalue weighted by molar-refractivity contribution is 0.545. The summed E-state index contributed by atoms with van der Waals surface area (Å²) in [5, 5.41) is 6.91. The van der Waals surface area contributed by atoms with Gasteiger partial charge in [0, 0.05) is 5.56 Å². The van der Waals surface area contributed by atoms with Gasteiger partial charge in [-0.2, -0.15) is 5.10 Å². The lowest BCUT2D eigenvalue weighted by Crippen LogP contribution is -2.02. The molecule has 0 amide bonds. The quantitative estimate of drug-likeness (QED) is 0.772. The van der Waals surface area contributed by atoms with E-state index < -0.39 is 0 Å². The molecule has 2 heterocycles. The summed E-state index contributed by atoms with van der Waals surface area (Å²) >= 11 is 0. The van der Waals surface area contributed by atoms with E-state index >= 15 is 0 Å². The first-order valence-electron chi connectivity index (χ1n) is 4.60. The van der Waals surface area contributed by atoms with Gasteiger partial charge in [0.1, 0.15) is 11.5 Å². The standard InChI is InChI=1S/C10H13N3O/c1-7-2-3-9(14-7)10-8(4-5-11)6-12-13-10/h2-3,6H,4-5,11H2,1H3,(H,12,13). The Kier molecular flexibility index (Phi) is 2.37. The highest BCUT2D eigenvalue weighted by Crippen LogP contribution is 2.23. The van der Waals surface area contributed by atoms with Gasteiger partial charge in [-0.25, -0.2) is 0 Å². The zero-order valence-electron chi connectivity index (χ0n) is 8.08. The number of aromatic amines is 1. The topological polar surface area (TPSA) is 67.8 Å². The molecule has 4 nitrogen and oxygen atoms in total. The minimum Gasteiger partial charge on any atom is -0.460 e. The number of nitrogens with zero attached hydrogens (tertiary/aromatic N) is 1. The Morgan fingerprint density at radius 3 is 3.00 bits per heavy atom. The summed E-state index contributed by atoms with van der Waals surface area (Å²) in [5.74, 6) is 1.72. The summed E-state index contributed by atoms with van der Waals surface area (Å²) < 4.78 is 5.50. The summed E-state index contributed by atoms with van der Waals surface area (Å²) in [5.41, 5.74) is 7.53. The fraction of sp³-hybridized carbons (Fsp3) is 0.300. The molecule has 0 aliphatic heterocycles. The maximum absolute atomic E-state index is 5.50. The highest BCUT2D eigenvalue weighted by Gasteiger charge is 2.09. The van der Waals surface area contributed by atoms with Crippen LogP contribution in [0.3, 0.4) is 0 Å². The van der Waals surface area contributed by atoms with E-state index in [1.54, 1.807) is 6.20 Å². The van der Waals surface area contributed by atoms with Gasteiger partial charge < -0.3 is 10.2 Å². The summed E-state index contributed by atoms with van der Waals surface area (Å²) in [6, 6.07) is 3.87. The minimum absolute atomic E-state index is 0.617. The van der Waals surface area contributed by atoms with Crippen molar-refractivity contribution >= 4 is 0 Å². The van der Waals surface area contributed by atoms with Crippen molar-refractivity contribution in [3.8, 4) is 11.5 Å². The van der Waals surface area contributed by atoms with Crippen LogP contribution in [0.4, 0.5) is 0 Å². The van der Waals surface area contributed by atoms with E-state index in [-0.39, 0.29) is 0 Å². The largest absolute Gasteiger partial charge is 0.460 e. The molecule has 3 N–H and O–H groups in total. The molecular formula is C10H13N3O. The summed E-state index contributed by atoms with van der Waals surface area (Å²) in [6.45, 7) is 2.54. The Morgan fingerprint density at radius 1 is 1.50 bits per heavy atom. The maximum Gasteiger partial charge on any atom is 0.152 e. The molecule has 0 spiro atoms. The van der Waals surface area contributed by atoms with E-state index in [0.29, 0.717) is 6.54 Å². The number of nitrogens with two attached hydrogens (primary N) is 1. The SMILES string of the molecule is Cc1ccc(-c2[nH]ncc2CCN)o1. The molecule has 14 heavy (non-hydrogen) atoms. The summed E-state index contributed by atoms with van der Waals surface area (Å²) in [4.78, 5) is 0. The van der Waals surface area contributed by atoms with Crippen molar-refractivity contribution in [2.75, 3.05) is 6.54 Å². The lowest BCUT2D eigenvalue weighted by Gasteiger charge is -1.97. The number of aromatic nitrogens is 2. The molecule has 0 saturated heterocycles. The molecule has 4 heteroatoms. The van der Waals surface area contributed by atoms with Gasteiger partial charge in [0.2, 0.25) is 0 Å². The minimum atomic E-state index is 0.617. The molecule has 0 aromatic carbocycles. The zero-order chi connectivity index (χ0) is 9.97. The van der Waals surface area contributed by atoms with Crippen LogP contribution in [-0.4, -0.2) is 16.7 Å². The van der Waals surface area contributed by atoms with Crippen LogP contribution in [0, 0.1) is 6.92 Å². The van der Waals surface area contributed by atoms with Crippen LogP contribution in [0.5, 0.6) is 0 Å². The van der Waals surface area contributed by atoms with Crippen molar-refractivity contribution in [1.82, 2.24) is 10.2 Å². The summed E-state index contributed by atoms with van der Waals surface area (Å²) in [6.07, 6.45) is 2.60. The van der Waals surface area contributed by atoms with E-state index in [4.69, 9.17) is 10.2 Å². The number of furan rings is 1. The van der Waals surface area contributed by atoms with Crippen LogP contribution >= 0.6 is 0 Å². The van der Waals surface area contributed by atoms with Crippen LogP contribution in [0.15, 0.2) is 22.7 Å². The zero-order valence-corrected chi connectivity index (χ0v) is 8.08.